The van der Waals surface area contributed by atoms with Gasteiger partial charge >= 0.3 is 0 Å². The molecule has 0 saturated heterocycles. The zero-order valence-electron chi connectivity index (χ0n) is 19.3. The van der Waals surface area contributed by atoms with Crippen LogP contribution >= 0.6 is 0 Å². The number of benzene rings is 4. The van der Waals surface area contributed by atoms with E-state index in [-0.39, 0.29) is 5.78 Å². The van der Waals surface area contributed by atoms with Crippen molar-refractivity contribution < 1.29 is 4.79 Å². The van der Waals surface area contributed by atoms with E-state index in [9.17, 15) is 4.79 Å². The van der Waals surface area contributed by atoms with Gasteiger partial charge in [0.1, 0.15) is 5.54 Å². The van der Waals surface area contributed by atoms with Crippen molar-refractivity contribution in [2.45, 2.75) is 19.4 Å². The van der Waals surface area contributed by atoms with Crippen molar-refractivity contribution in [3.05, 3.63) is 161 Å². The van der Waals surface area contributed by atoms with E-state index in [1.807, 2.05) is 68.8 Å². The third-order valence-corrected chi connectivity index (χ3v) is 6.69. The molecule has 5 aromatic rings. The lowest BCUT2D eigenvalue weighted by molar-refractivity contribution is 0.103. The number of carbonyl (C=O) groups excluding carboxylic acids is 1. The number of hydrogen-bond donors (Lipinski definition) is 0. The van der Waals surface area contributed by atoms with Crippen LogP contribution in [-0.2, 0) is 5.54 Å². The second-order valence-electron chi connectivity index (χ2n) is 8.57. The van der Waals surface area contributed by atoms with E-state index in [4.69, 9.17) is 0 Å². The van der Waals surface area contributed by atoms with Crippen molar-refractivity contribution in [1.29, 1.82) is 0 Å². The maximum atomic E-state index is 13.3. The van der Waals surface area contributed by atoms with E-state index in [0.29, 0.717) is 5.56 Å². The Labute approximate surface area is 200 Å². The molecule has 0 fully saturated rings. The average molecular weight is 443 g/mol. The molecule has 1 aromatic heterocycles. The first-order chi connectivity index (χ1) is 16.6. The molecule has 0 aliphatic carbocycles. The highest BCUT2D eigenvalue weighted by Gasteiger charge is 2.38. The first-order valence-electron chi connectivity index (χ1n) is 11.4. The van der Waals surface area contributed by atoms with E-state index < -0.39 is 5.54 Å². The Morgan fingerprint density at radius 1 is 0.706 bits per heavy atom. The number of nitrogens with zero attached hydrogens (tertiary/aromatic N) is 2. The molecule has 5 rings (SSSR count). The monoisotopic (exact) mass is 442 g/mol. The Hall–Kier alpha value is -4.24. The quantitative estimate of drug-likeness (QED) is 0.220. The third-order valence-electron chi connectivity index (χ3n) is 6.69. The van der Waals surface area contributed by atoms with Crippen molar-refractivity contribution in [3.8, 4) is 0 Å². The summed E-state index contributed by atoms with van der Waals surface area (Å²) in [5.74, 6) is 0.0420. The number of ketones is 1. The number of hydrogen-bond acceptors (Lipinski definition) is 2. The van der Waals surface area contributed by atoms with Crippen molar-refractivity contribution in [1.82, 2.24) is 9.55 Å². The minimum absolute atomic E-state index is 0.0420. The third kappa shape index (κ3) is 3.56. The van der Waals surface area contributed by atoms with Crippen LogP contribution in [-0.4, -0.2) is 15.3 Å². The van der Waals surface area contributed by atoms with Crippen LogP contribution in [0.25, 0.3) is 0 Å². The molecule has 3 heteroatoms. The number of aryl methyl sites for hydroxylation is 1. The summed E-state index contributed by atoms with van der Waals surface area (Å²) in [4.78, 5) is 17.7. The van der Waals surface area contributed by atoms with E-state index in [1.165, 1.54) is 0 Å². The van der Waals surface area contributed by atoms with Gasteiger partial charge in [-0.15, -0.1) is 0 Å². The van der Waals surface area contributed by atoms with Crippen molar-refractivity contribution in [2.75, 3.05) is 0 Å². The maximum absolute atomic E-state index is 13.3. The molecule has 3 nitrogen and oxygen atoms in total. The smallest absolute Gasteiger partial charge is 0.193 e. The Morgan fingerprint density at radius 3 is 1.85 bits per heavy atom. The largest absolute Gasteiger partial charge is 0.319 e. The minimum atomic E-state index is -0.625. The molecule has 0 atom stereocenters. The molecule has 166 valence electrons. The van der Waals surface area contributed by atoms with Gasteiger partial charge in [0.2, 0.25) is 0 Å². The fourth-order valence-electron chi connectivity index (χ4n) is 4.78. The Morgan fingerprint density at radius 2 is 1.29 bits per heavy atom. The van der Waals surface area contributed by atoms with E-state index in [2.05, 4.69) is 70.2 Å². The first kappa shape index (κ1) is 21.6. The van der Waals surface area contributed by atoms with Crippen LogP contribution in [0, 0.1) is 13.8 Å². The summed E-state index contributed by atoms with van der Waals surface area (Å²) >= 11 is 0. The topological polar surface area (TPSA) is 34.9 Å². The molecular weight excluding hydrogens is 416 g/mol. The van der Waals surface area contributed by atoms with E-state index >= 15 is 0 Å². The molecule has 0 aliphatic heterocycles. The van der Waals surface area contributed by atoms with E-state index in [1.54, 1.807) is 6.20 Å². The molecule has 0 N–H and O–H groups in total. The van der Waals surface area contributed by atoms with Crippen LogP contribution in [0.5, 0.6) is 0 Å². The number of carbonyl (C=O) groups is 1. The van der Waals surface area contributed by atoms with Crippen LogP contribution in [0.3, 0.4) is 0 Å². The summed E-state index contributed by atoms with van der Waals surface area (Å²) in [7, 11) is 0. The molecular formula is C31H26N2O. The van der Waals surface area contributed by atoms with Crippen LogP contribution in [0.15, 0.2) is 122 Å². The second kappa shape index (κ2) is 8.95. The van der Waals surface area contributed by atoms with Gasteiger partial charge in [-0.3, -0.25) is 4.79 Å². The molecule has 0 amide bonds. The second-order valence-corrected chi connectivity index (χ2v) is 8.57. The van der Waals surface area contributed by atoms with Gasteiger partial charge < -0.3 is 4.57 Å². The highest BCUT2D eigenvalue weighted by molar-refractivity contribution is 6.10. The lowest BCUT2D eigenvalue weighted by atomic mass is 9.76. The summed E-state index contributed by atoms with van der Waals surface area (Å²) in [5.41, 5.74) is 6.24. The summed E-state index contributed by atoms with van der Waals surface area (Å²) in [6, 6.07) is 34.8. The molecule has 4 aromatic carbocycles. The van der Waals surface area contributed by atoms with Crippen LogP contribution in [0.4, 0.5) is 0 Å². The van der Waals surface area contributed by atoms with Gasteiger partial charge in [0.15, 0.2) is 5.78 Å². The highest BCUT2D eigenvalue weighted by Crippen LogP contribution is 2.40. The summed E-state index contributed by atoms with van der Waals surface area (Å²) in [6.07, 6.45) is 5.66. The van der Waals surface area contributed by atoms with E-state index in [0.717, 1.165) is 33.4 Å². The van der Waals surface area contributed by atoms with Gasteiger partial charge in [-0.25, -0.2) is 4.98 Å². The Balaban J connectivity index is 1.69. The van der Waals surface area contributed by atoms with Crippen molar-refractivity contribution >= 4 is 5.78 Å². The molecule has 0 aliphatic rings. The normalized spacial score (nSPS) is 11.4. The summed E-state index contributed by atoms with van der Waals surface area (Å²) in [6.45, 7) is 4.04. The molecule has 1 heterocycles. The Bertz CT molecular complexity index is 1360. The van der Waals surface area contributed by atoms with Gasteiger partial charge in [0.25, 0.3) is 0 Å². The minimum Gasteiger partial charge on any atom is -0.319 e. The van der Waals surface area contributed by atoms with Gasteiger partial charge in [-0.2, -0.15) is 0 Å². The standard InChI is InChI=1S/C31H26N2O/c1-23-10-9-15-29(24(23)2)30(34)25-16-18-28(19-17-25)31(33-21-20-32-22-33,26-11-5-3-6-12-26)27-13-7-4-8-14-27/h3-22H,1-2H3. The van der Waals surface area contributed by atoms with Crippen LogP contribution in [0.1, 0.15) is 43.7 Å². The predicted octanol–water partition coefficient (Wildman–Crippen LogP) is 6.57. The number of rotatable bonds is 6. The number of imidazole rings is 1. The lowest BCUT2D eigenvalue weighted by Gasteiger charge is -2.37. The molecule has 0 spiro atoms. The molecule has 0 radical (unpaired) electrons. The Kier molecular flexibility index (Phi) is 5.69. The predicted molar refractivity (Wildman–Crippen MR) is 136 cm³/mol. The van der Waals surface area contributed by atoms with Gasteiger partial charge in [-0.1, -0.05) is 103 Å². The molecule has 0 saturated carbocycles. The van der Waals surface area contributed by atoms with Gasteiger partial charge in [-0.05, 0) is 41.7 Å². The lowest BCUT2D eigenvalue weighted by Crippen LogP contribution is -2.37. The van der Waals surface area contributed by atoms with Crippen LogP contribution < -0.4 is 0 Å². The summed E-state index contributed by atoms with van der Waals surface area (Å²) in [5, 5.41) is 0. The fourth-order valence-corrected chi connectivity index (χ4v) is 4.78. The SMILES string of the molecule is Cc1cccc(C(=O)c2ccc(C(c3ccccc3)(c3ccccc3)n3ccnc3)cc2)c1C. The average Bonchev–Trinajstić information content (AvgIpc) is 3.43. The zero-order valence-corrected chi connectivity index (χ0v) is 19.3. The van der Waals surface area contributed by atoms with Crippen molar-refractivity contribution in [3.63, 3.8) is 0 Å². The first-order valence-corrected chi connectivity index (χ1v) is 11.4. The summed E-state index contributed by atoms with van der Waals surface area (Å²) < 4.78 is 2.14. The van der Waals surface area contributed by atoms with Crippen molar-refractivity contribution in [2.24, 2.45) is 0 Å². The fraction of sp³-hybridized carbons (Fsp3) is 0.0968. The van der Waals surface area contributed by atoms with Gasteiger partial charge in [0.05, 0.1) is 6.33 Å². The number of aromatic nitrogens is 2. The zero-order chi connectivity index (χ0) is 23.5. The molecule has 0 bridgehead atoms. The molecule has 0 unspecified atom stereocenters. The molecule has 34 heavy (non-hydrogen) atoms. The highest BCUT2D eigenvalue weighted by atomic mass is 16.1. The van der Waals surface area contributed by atoms with Crippen LogP contribution in [0.2, 0.25) is 0 Å². The maximum Gasteiger partial charge on any atom is 0.193 e. The van der Waals surface area contributed by atoms with Gasteiger partial charge in [0, 0.05) is 23.5 Å².